The van der Waals surface area contributed by atoms with Gasteiger partial charge in [0, 0.05) is 29.3 Å². The van der Waals surface area contributed by atoms with Gasteiger partial charge in [0.05, 0.1) is 30.0 Å². The number of ether oxygens (including phenoxy) is 2. The van der Waals surface area contributed by atoms with Gasteiger partial charge in [-0.25, -0.2) is 0 Å². The second-order valence-corrected chi connectivity index (χ2v) is 8.89. The molecule has 0 spiro atoms. The number of hydrogen-bond acceptors (Lipinski definition) is 5. The van der Waals surface area contributed by atoms with Crippen LogP contribution in [-0.4, -0.2) is 42.3 Å². The molecule has 1 saturated carbocycles. The lowest BCUT2D eigenvalue weighted by molar-refractivity contribution is 0.180. The number of nitrogens with zero attached hydrogens (tertiary/aromatic N) is 1. The van der Waals surface area contributed by atoms with Gasteiger partial charge in [-0.05, 0) is 49.7 Å². The Labute approximate surface area is 186 Å². The maximum absolute atomic E-state index is 9.78. The zero-order valence-electron chi connectivity index (χ0n) is 17.2. The molecule has 0 saturated heterocycles. The van der Waals surface area contributed by atoms with Crippen LogP contribution in [0.25, 0.3) is 0 Å². The number of hydrogen-bond donors (Lipinski definition) is 3. The van der Waals surface area contributed by atoms with E-state index in [1.807, 2.05) is 0 Å². The van der Waals surface area contributed by atoms with Crippen LogP contribution in [-0.2, 0) is 18.3 Å². The highest BCUT2D eigenvalue weighted by molar-refractivity contribution is 6.38. The van der Waals surface area contributed by atoms with E-state index in [0.717, 1.165) is 49.1 Å². The van der Waals surface area contributed by atoms with Gasteiger partial charge in [-0.3, -0.25) is 10.4 Å². The average molecular weight is 452 g/mol. The van der Waals surface area contributed by atoms with E-state index in [-0.39, 0.29) is 11.3 Å². The summed E-state index contributed by atoms with van der Waals surface area (Å²) >= 11 is 13.3. The predicted octanol–water partition coefficient (Wildman–Crippen LogP) is 4.13. The van der Waals surface area contributed by atoms with Gasteiger partial charge in [0.2, 0.25) is 0 Å². The molecule has 0 radical (unpaired) electrons. The third-order valence-electron chi connectivity index (χ3n) is 6.39. The summed E-state index contributed by atoms with van der Waals surface area (Å²) in [5.41, 5.74) is 4.41. The minimum atomic E-state index is -0.700. The first-order valence-electron chi connectivity index (χ1n) is 10.1. The van der Waals surface area contributed by atoms with E-state index in [2.05, 4.69) is 22.1 Å². The van der Waals surface area contributed by atoms with Crippen LogP contribution in [0.1, 0.15) is 47.7 Å². The number of methoxy groups -OCH3 is 2. The van der Waals surface area contributed by atoms with Crippen LogP contribution < -0.4 is 14.8 Å². The summed E-state index contributed by atoms with van der Waals surface area (Å²) in [6, 6.07) is 1.72. The topological polar surface area (TPSA) is 79.4 Å². The molecule has 162 valence electrons. The van der Waals surface area contributed by atoms with Crippen molar-refractivity contribution in [1.29, 1.82) is 0 Å². The monoisotopic (exact) mass is 451 g/mol. The van der Waals surface area contributed by atoms with Crippen molar-refractivity contribution in [3.05, 3.63) is 51.3 Å². The third-order valence-corrected chi connectivity index (χ3v) is 7.17. The van der Waals surface area contributed by atoms with E-state index in [1.165, 1.54) is 11.6 Å². The van der Waals surface area contributed by atoms with Crippen molar-refractivity contribution in [2.24, 2.45) is 0 Å². The number of halogens is 2. The van der Waals surface area contributed by atoms with Gasteiger partial charge >= 0.3 is 0 Å². The number of benzene rings is 1. The Hall–Kier alpha value is -1.73. The Bertz CT molecular complexity index is 927. The van der Waals surface area contributed by atoms with E-state index < -0.39 is 6.23 Å². The van der Waals surface area contributed by atoms with Crippen LogP contribution in [0.4, 0.5) is 0 Å². The second-order valence-electron chi connectivity index (χ2n) is 8.13. The summed E-state index contributed by atoms with van der Waals surface area (Å²) in [5.74, 6) is 1.27. The normalized spacial score (nSPS) is 20.4. The molecule has 8 heteroatoms. The van der Waals surface area contributed by atoms with Gasteiger partial charge in [-0.1, -0.05) is 29.8 Å². The highest BCUT2D eigenvalue weighted by Crippen LogP contribution is 2.51. The van der Waals surface area contributed by atoms with E-state index in [9.17, 15) is 5.11 Å². The summed E-state index contributed by atoms with van der Waals surface area (Å²) in [7, 11) is 3.18. The lowest BCUT2D eigenvalue weighted by Gasteiger charge is -2.27. The number of aromatic nitrogens is 2. The van der Waals surface area contributed by atoms with Crippen molar-refractivity contribution in [2.75, 3.05) is 20.8 Å². The van der Waals surface area contributed by atoms with Gasteiger partial charge in [0.15, 0.2) is 0 Å². The molecule has 0 aliphatic heterocycles. The van der Waals surface area contributed by atoms with Crippen LogP contribution in [0.3, 0.4) is 0 Å². The smallest absolute Gasteiger partial charge is 0.141 e. The van der Waals surface area contributed by atoms with Crippen molar-refractivity contribution in [2.45, 2.75) is 49.7 Å². The van der Waals surface area contributed by atoms with Crippen LogP contribution in [0.2, 0.25) is 10.0 Å². The lowest BCUT2D eigenvalue weighted by Crippen LogP contribution is -2.35. The lowest BCUT2D eigenvalue weighted by atomic mass is 9.80. The van der Waals surface area contributed by atoms with Crippen molar-refractivity contribution in [1.82, 2.24) is 15.5 Å². The summed E-state index contributed by atoms with van der Waals surface area (Å²) in [6.45, 7) is 4.30. The van der Waals surface area contributed by atoms with Crippen LogP contribution in [0, 0.1) is 0 Å². The Morgan fingerprint density at radius 1 is 1.33 bits per heavy atom. The summed E-state index contributed by atoms with van der Waals surface area (Å²) < 4.78 is 10.9. The second kappa shape index (κ2) is 8.42. The van der Waals surface area contributed by atoms with Gasteiger partial charge < -0.3 is 14.6 Å². The van der Waals surface area contributed by atoms with E-state index >= 15 is 0 Å². The first-order valence-corrected chi connectivity index (χ1v) is 10.9. The molecule has 6 nitrogen and oxygen atoms in total. The Kier molecular flexibility index (Phi) is 6.04. The van der Waals surface area contributed by atoms with Crippen molar-refractivity contribution >= 4 is 23.2 Å². The zero-order valence-corrected chi connectivity index (χ0v) is 18.7. The number of aliphatic hydroxyl groups is 1. The summed E-state index contributed by atoms with van der Waals surface area (Å²) in [4.78, 5) is 0. The SMILES string of the molecule is C=C[C@@H](O)NCC1(c2n[nH]c3c2CCC(c2c(Cl)c(OC)cc(OC)c2Cl)C3)CC1. The van der Waals surface area contributed by atoms with Crippen molar-refractivity contribution in [3.8, 4) is 11.5 Å². The van der Waals surface area contributed by atoms with Gasteiger partial charge in [0.1, 0.15) is 17.7 Å². The molecule has 1 aromatic carbocycles. The largest absolute Gasteiger partial charge is 0.495 e. The van der Waals surface area contributed by atoms with Crippen LogP contribution >= 0.6 is 23.2 Å². The van der Waals surface area contributed by atoms with Crippen LogP contribution in [0.5, 0.6) is 11.5 Å². The molecule has 2 atom stereocenters. The molecule has 30 heavy (non-hydrogen) atoms. The average Bonchev–Trinajstić information content (AvgIpc) is 3.42. The number of H-pyrrole nitrogens is 1. The van der Waals surface area contributed by atoms with Crippen molar-refractivity contribution < 1.29 is 14.6 Å². The maximum atomic E-state index is 9.78. The Balaban J connectivity index is 1.60. The molecule has 3 N–H and O–H groups in total. The number of aliphatic hydroxyl groups excluding tert-OH is 1. The van der Waals surface area contributed by atoms with Crippen molar-refractivity contribution in [3.63, 3.8) is 0 Å². The first kappa shape index (κ1) is 21.5. The van der Waals surface area contributed by atoms with E-state index in [1.54, 1.807) is 20.3 Å². The molecule has 1 fully saturated rings. The van der Waals surface area contributed by atoms with Gasteiger partial charge in [-0.2, -0.15) is 5.10 Å². The fraction of sp³-hybridized carbons (Fsp3) is 0.500. The van der Waals surface area contributed by atoms with Crippen LogP contribution in [0.15, 0.2) is 18.7 Å². The molecule has 1 unspecified atom stereocenters. The molecule has 2 aliphatic carbocycles. The fourth-order valence-electron chi connectivity index (χ4n) is 4.49. The van der Waals surface area contributed by atoms with Gasteiger partial charge in [-0.15, -0.1) is 0 Å². The molecule has 1 heterocycles. The fourth-order valence-corrected chi connectivity index (χ4v) is 5.30. The standard InChI is InChI=1S/C22H27Cl2N3O3/c1-4-17(28)25-11-22(7-8-22)21-13-6-5-12(9-14(13)26-27-21)18-19(23)15(29-2)10-16(30-3)20(18)24/h4,10,12,17,25,28H,1,5-9,11H2,2-3H3,(H,26,27)/t12?,17-/m1/s1. The highest BCUT2D eigenvalue weighted by atomic mass is 35.5. The number of fused-ring (bicyclic) bond motifs is 1. The van der Waals surface area contributed by atoms with Gasteiger partial charge in [0.25, 0.3) is 0 Å². The number of aromatic amines is 1. The molecule has 1 aromatic heterocycles. The minimum absolute atomic E-state index is 0.00458. The Morgan fingerprint density at radius 2 is 2.00 bits per heavy atom. The van der Waals surface area contributed by atoms with E-state index in [4.69, 9.17) is 32.7 Å². The summed E-state index contributed by atoms with van der Waals surface area (Å²) in [6.07, 6.45) is 5.50. The molecule has 4 rings (SSSR count). The minimum Gasteiger partial charge on any atom is -0.495 e. The molecular weight excluding hydrogens is 425 g/mol. The number of nitrogens with one attached hydrogen (secondary N) is 2. The predicted molar refractivity (Wildman–Crippen MR) is 118 cm³/mol. The molecule has 2 aliphatic rings. The quantitative estimate of drug-likeness (QED) is 0.415. The number of rotatable bonds is 8. The molecule has 0 amide bonds. The van der Waals surface area contributed by atoms with E-state index in [0.29, 0.717) is 28.1 Å². The Morgan fingerprint density at radius 3 is 2.57 bits per heavy atom. The first-order chi connectivity index (χ1) is 14.4. The highest BCUT2D eigenvalue weighted by Gasteiger charge is 2.48. The maximum Gasteiger partial charge on any atom is 0.141 e. The zero-order chi connectivity index (χ0) is 21.5. The third kappa shape index (κ3) is 3.71. The molecule has 2 aromatic rings. The summed E-state index contributed by atoms with van der Waals surface area (Å²) in [5, 5.41) is 21.9. The molecular formula is C22H27Cl2N3O3. The molecule has 0 bridgehead atoms.